The van der Waals surface area contributed by atoms with E-state index in [1.807, 2.05) is 0 Å². The van der Waals surface area contributed by atoms with E-state index in [1.54, 1.807) is 0 Å². The number of carboxylic acid groups (broad SMARTS) is 1. The van der Waals surface area contributed by atoms with Gasteiger partial charge in [0.2, 0.25) is 11.2 Å². The summed E-state index contributed by atoms with van der Waals surface area (Å²) in [6, 6.07) is 1.13. The minimum absolute atomic E-state index is 0.0705. The van der Waals surface area contributed by atoms with Crippen LogP contribution in [-0.4, -0.2) is 50.2 Å². The number of pyridine rings is 1. The summed E-state index contributed by atoms with van der Waals surface area (Å²) in [5, 5.41) is 8.73. The standard InChI is InChI=1S/C13H9BrClF3N4O3/c14-6-3-7-8(20-9(6)13(16,17)18)10(21-11(15)19-7)25-5-1-2-22(4-5)12(23)24/h3,5H,1-2,4H2,(H,23,24). The highest BCUT2D eigenvalue weighted by atomic mass is 79.9. The van der Waals surface area contributed by atoms with Gasteiger partial charge in [0, 0.05) is 13.0 Å². The maximum Gasteiger partial charge on any atom is 0.434 e. The molecule has 2 aromatic heterocycles. The van der Waals surface area contributed by atoms with Crippen LogP contribution in [0.2, 0.25) is 5.28 Å². The zero-order chi connectivity index (χ0) is 18.4. The van der Waals surface area contributed by atoms with E-state index in [0.717, 1.165) is 11.0 Å². The van der Waals surface area contributed by atoms with Crippen molar-refractivity contribution in [1.82, 2.24) is 19.9 Å². The third kappa shape index (κ3) is 3.71. The van der Waals surface area contributed by atoms with Gasteiger partial charge < -0.3 is 14.7 Å². The summed E-state index contributed by atoms with van der Waals surface area (Å²) in [4.78, 5) is 23.3. The van der Waals surface area contributed by atoms with Crippen LogP contribution in [0.5, 0.6) is 5.88 Å². The molecule has 0 saturated carbocycles. The molecule has 0 spiro atoms. The number of rotatable bonds is 2. The SMILES string of the molecule is O=C(O)N1CCC(Oc2nc(Cl)nc3cc(Br)c(C(F)(F)F)nc23)C1. The molecule has 2 aromatic rings. The van der Waals surface area contributed by atoms with Gasteiger partial charge in [0.1, 0.15) is 6.10 Å². The zero-order valence-electron chi connectivity index (χ0n) is 12.2. The van der Waals surface area contributed by atoms with E-state index >= 15 is 0 Å². The highest BCUT2D eigenvalue weighted by molar-refractivity contribution is 9.10. The van der Waals surface area contributed by atoms with Crippen LogP contribution in [0.3, 0.4) is 0 Å². The first-order chi connectivity index (χ1) is 11.6. The molecular weight excluding hydrogens is 433 g/mol. The fourth-order valence-corrected chi connectivity index (χ4v) is 3.12. The molecule has 0 radical (unpaired) electrons. The van der Waals surface area contributed by atoms with E-state index in [4.69, 9.17) is 21.4 Å². The Bertz CT molecular complexity index is 851. The van der Waals surface area contributed by atoms with Crippen molar-refractivity contribution < 1.29 is 27.8 Å². The summed E-state index contributed by atoms with van der Waals surface area (Å²) in [6.45, 7) is 0.324. The van der Waals surface area contributed by atoms with Gasteiger partial charge >= 0.3 is 12.3 Å². The van der Waals surface area contributed by atoms with Crippen molar-refractivity contribution in [2.75, 3.05) is 13.1 Å². The predicted octanol–water partition coefficient (Wildman–Crippen LogP) is 3.59. The van der Waals surface area contributed by atoms with Crippen molar-refractivity contribution in [3.05, 3.63) is 21.5 Å². The van der Waals surface area contributed by atoms with Gasteiger partial charge in [-0.3, -0.25) is 0 Å². The largest absolute Gasteiger partial charge is 0.471 e. The fourth-order valence-electron chi connectivity index (χ4n) is 2.42. The molecule has 1 aliphatic rings. The molecule has 0 aliphatic carbocycles. The second-order valence-electron chi connectivity index (χ2n) is 5.24. The van der Waals surface area contributed by atoms with Crippen molar-refractivity contribution in [2.24, 2.45) is 0 Å². The molecule has 1 fully saturated rings. The molecule has 12 heteroatoms. The average Bonchev–Trinajstić information content (AvgIpc) is 2.93. The summed E-state index contributed by atoms with van der Waals surface area (Å²) in [6.07, 6.45) is -5.97. The van der Waals surface area contributed by atoms with E-state index in [2.05, 4.69) is 30.9 Å². The number of alkyl halides is 3. The number of carbonyl (C=O) groups is 1. The van der Waals surface area contributed by atoms with Crippen LogP contribution in [0.1, 0.15) is 12.1 Å². The van der Waals surface area contributed by atoms with Crippen LogP contribution in [0.15, 0.2) is 10.5 Å². The Morgan fingerprint density at radius 3 is 2.72 bits per heavy atom. The smallest absolute Gasteiger partial charge is 0.434 e. The van der Waals surface area contributed by atoms with E-state index in [9.17, 15) is 18.0 Å². The monoisotopic (exact) mass is 440 g/mol. The second kappa shape index (κ2) is 6.45. The molecule has 1 atom stereocenters. The molecule has 3 rings (SSSR count). The summed E-state index contributed by atoms with van der Waals surface area (Å²) in [5.74, 6) is -0.217. The number of hydrogen-bond acceptors (Lipinski definition) is 5. The van der Waals surface area contributed by atoms with Gasteiger partial charge in [-0.15, -0.1) is 0 Å². The third-order valence-corrected chi connectivity index (χ3v) is 4.30. The Kier molecular flexibility index (Phi) is 4.62. The lowest BCUT2D eigenvalue weighted by Gasteiger charge is -2.16. The molecule has 25 heavy (non-hydrogen) atoms. The molecule has 1 saturated heterocycles. The lowest BCUT2D eigenvalue weighted by Crippen LogP contribution is -2.29. The van der Waals surface area contributed by atoms with E-state index < -0.39 is 24.1 Å². The second-order valence-corrected chi connectivity index (χ2v) is 6.43. The fraction of sp³-hybridized carbons (Fsp3) is 0.385. The van der Waals surface area contributed by atoms with Gasteiger partial charge in [0.25, 0.3) is 0 Å². The lowest BCUT2D eigenvalue weighted by molar-refractivity contribution is -0.141. The first-order valence-electron chi connectivity index (χ1n) is 6.90. The molecule has 3 heterocycles. The summed E-state index contributed by atoms with van der Waals surface area (Å²) in [7, 11) is 0. The maximum absolute atomic E-state index is 13.1. The Balaban J connectivity index is 2.01. The number of aromatic nitrogens is 3. The van der Waals surface area contributed by atoms with Gasteiger partial charge in [-0.1, -0.05) is 0 Å². The molecule has 1 N–H and O–H groups in total. The van der Waals surface area contributed by atoms with Crippen LogP contribution in [-0.2, 0) is 6.18 Å². The van der Waals surface area contributed by atoms with Crippen molar-refractivity contribution in [3.8, 4) is 5.88 Å². The quantitative estimate of drug-likeness (QED) is 0.717. The van der Waals surface area contributed by atoms with E-state index in [0.29, 0.717) is 6.42 Å². The number of halogens is 5. The molecular formula is C13H9BrClF3N4O3. The summed E-state index contributed by atoms with van der Waals surface area (Å²) in [5.41, 5.74) is -1.27. The van der Waals surface area contributed by atoms with Crippen LogP contribution < -0.4 is 4.74 Å². The van der Waals surface area contributed by atoms with Gasteiger partial charge in [-0.05, 0) is 33.6 Å². The Hall–Kier alpha value is -1.88. The highest BCUT2D eigenvalue weighted by Gasteiger charge is 2.36. The van der Waals surface area contributed by atoms with Gasteiger partial charge in [0.15, 0.2) is 11.2 Å². The Morgan fingerprint density at radius 1 is 1.40 bits per heavy atom. The average molecular weight is 442 g/mol. The van der Waals surface area contributed by atoms with Crippen LogP contribution in [0.4, 0.5) is 18.0 Å². The topological polar surface area (TPSA) is 88.4 Å². The number of nitrogens with zero attached hydrogens (tertiary/aromatic N) is 4. The molecule has 1 aliphatic heterocycles. The third-order valence-electron chi connectivity index (χ3n) is 3.53. The number of likely N-dealkylation sites (tertiary alicyclic amines) is 1. The maximum atomic E-state index is 13.1. The molecule has 0 aromatic carbocycles. The van der Waals surface area contributed by atoms with Crippen molar-refractivity contribution in [1.29, 1.82) is 0 Å². The number of amides is 1. The summed E-state index contributed by atoms with van der Waals surface area (Å²) >= 11 is 8.61. The molecule has 7 nitrogen and oxygen atoms in total. The Labute approximate surface area is 151 Å². The number of ether oxygens (including phenoxy) is 1. The van der Waals surface area contributed by atoms with Crippen molar-refractivity contribution in [2.45, 2.75) is 18.7 Å². The zero-order valence-corrected chi connectivity index (χ0v) is 14.6. The molecule has 134 valence electrons. The van der Waals surface area contributed by atoms with Gasteiger partial charge in [-0.25, -0.2) is 14.8 Å². The normalized spacial score (nSPS) is 18.0. The molecule has 1 unspecified atom stereocenters. The molecule has 1 amide bonds. The van der Waals surface area contributed by atoms with Gasteiger partial charge in [-0.2, -0.15) is 18.2 Å². The number of hydrogen-bond donors (Lipinski definition) is 1. The van der Waals surface area contributed by atoms with Crippen molar-refractivity contribution in [3.63, 3.8) is 0 Å². The van der Waals surface area contributed by atoms with E-state index in [-0.39, 0.29) is 39.8 Å². The predicted molar refractivity (Wildman–Crippen MR) is 83.7 cm³/mol. The number of fused-ring (bicyclic) bond motifs is 1. The first kappa shape index (κ1) is 17.9. The Morgan fingerprint density at radius 2 is 2.12 bits per heavy atom. The van der Waals surface area contributed by atoms with Crippen LogP contribution in [0.25, 0.3) is 11.0 Å². The van der Waals surface area contributed by atoms with Crippen LogP contribution >= 0.6 is 27.5 Å². The minimum atomic E-state index is -4.68. The van der Waals surface area contributed by atoms with Crippen molar-refractivity contribution >= 4 is 44.7 Å². The lowest BCUT2D eigenvalue weighted by atomic mass is 10.3. The first-order valence-corrected chi connectivity index (χ1v) is 8.07. The minimum Gasteiger partial charge on any atom is -0.471 e. The van der Waals surface area contributed by atoms with Gasteiger partial charge in [0.05, 0.1) is 16.5 Å². The highest BCUT2D eigenvalue weighted by Crippen LogP contribution is 2.36. The van der Waals surface area contributed by atoms with E-state index in [1.165, 1.54) is 0 Å². The van der Waals surface area contributed by atoms with Crippen LogP contribution in [0, 0.1) is 0 Å². The summed E-state index contributed by atoms with van der Waals surface area (Å²) < 4.78 is 44.5. The molecule has 0 bridgehead atoms.